The highest BCUT2D eigenvalue weighted by atomic mass is 32.2. The first-order chi connectivity index (χ1) is 13.9. The number of likely N-dealkylation sites (tertiary alicyclic amines) is 1. The molecule has 0 N–H and O–H groups in total. The van der Waals surface area contributed by atoms with E-state index in [1.54, 1.807) is 25.1 Å². The Labute approximate surface area is 174 Å². The Balaban J connectivity index is 1.90. The first kappa shape index (κ1) is 21.7. The molecule has 0 amide bonds. The zero-order valence-corrected chi connectivity index (χ0v) is 17.5. The number of ketones is 1. The van der Waals surface area contributed by atoms with Crippen LogP contribution >= 0.6 is 11.8 Å². The van der Waals surface area contributed by atoms with Crippen molar-refractivity contribution >= 4 is 28.6 Å². The van der Waals surface area contributed by atoms with Gasteiger partial charge in [0, 0.05) is 42.8 Å². The Bertz CT molecular complexity index is 821. The summed E-state index contributed by atoms with van der Waals surface area (Å²) in [7, 11) is 0. The summed E-state index contributed by atoms with van der Waals surface area (Å²) in [6.45, 7) is 4.35. The summed E-state index contributed by atoms with van der Waals surface area (Å²) >= 11 is 1.18. The SMILES string of the molecule is CCOC(=O)/C=C1/CN(C(C(=O)C2CC2)c2ccccc2F)CCC1SC(C)=O. The summed E-state index contributed by atoms with van der Waals surface area (Å²) in [5, 5.41) is -0.177. The molecule has 3 rings (SSSR count). The third-order valence-electron chi connectivity index (χ3n) is 5.19. The second-order valence-corrected chi connectivity index (χ2v) is 8.81. The lowest BCUT2D eigenvalue weighted by Gasteiger charge is -2.38. The fraction of sp³-hybridized carbons (Fsp3) is 0.500. The Morgan fingerprint density at radius 1 is 1.28 bits per heavy atom. The van der Waals surface area contributed by atoms with E-state index in [4.69, 9.17) is 4.74 Å². The average Bonchev–Trinajstić information content (AvgIpc) is 3.50. The van der Waals surface area contributed by atoms with Crippen LogP contribution in [0.4, 0.5) is 4.39 Å². The molecule has 1 aliphatic carbocycles. The van der Waals surface area contributed by atoms with Crippen molar-refractivity contribution in [3.63, 3.8) is 0 Å². The molecule has 2 atom stereocenters. The number of esters is 1. The number of Topliss-reactive ketones (excluding diaryl/α,β-unsaturated/α-hetero) is 1. The van der Waals surface area contributed by atoms with Crippen LogP contribution in [-0.2, 0) is 19.1 Å². The van der Waals surface area contributed by atoms with Crippen LogP contribution in [-0.4, -0.2) is 46.7 Å². The molecule has 2 fully saturated rings. The molecule has 156 valence electrons. The molecule has 0 bridgehead atoms. The third-order valence-corrected chi connectivity index (χ3v) is 6.34. The van der Waals surface area contributed by atoms with Gasteiger partial charge in [-0.15, -0.1) is 0 Å². The van der Waals surface area contributed by atoms with Crippen molar-refractivity contribution in [3.05, 3.63) is 47.3 Å². The number of benzene rings is 1. The Morgan fingerprint density at radius 3 is 2.62 bits per heavy atom. The van der Waals surface area contributed by atoms with Gasteiger partial charge in [-0.1, -0.05) is 30.0 Å². The third kappa shape index (κ3) is 5.54. The van der Waals surface area contributed by atoms with Crippen molar-refractivity contribution in [1.82, 2.24) is 4.90 Å². The first-order valence-corrected chi connectivity index (χ1v) is 10.8. The molecule has 1 saturated heterocycles. The van der Waals surface area contributed by atoms with Gasteiger partial charge in [0.2, 0.25) is 0 Å². The number of ether oxygens (including phenoxy) is 1. The molecule has 0 radical (unpaired) electrons. The number of carbonyl (C=O) groups is 3. The quantitative estimate of drug-likeness (QED) is 0.496. The number of piperidine rings is 1. The molecule has 1 heterocycles. The number of carbonyl (C=O) groups excluding carboxylic acids is 3. The lowest BCUT2D eigenvalue weighted by Crippen LogP contribution is -2.43. The van der Waals surface area contributed by atoms with Gasteiger partial charge in [0.25, 0.3) is 0 Å². The van der Waals surface area contributed by atoms with Gasteiger partial charge in [0.05, 0.1) is 12.6 Å². The molecule has 0 aromatic heterocycles. The maximum atomic E-state index is 14.6. The van der Waals surface area contributed by atoms with Crippen LogP contribution in [0, 0.1) is 11.7 Å². The van der Waals surface area contributed by atoms with Crippen molar-refractivity contribution in [3.8, 4) is 0 Å². The number of rotatable bonds is 7. The van der Waals surface area contributed by atoms with E-state index in [0.717, 1.165) is 18.4 Å². The topological polar surface area (TPSA) is 63.7 Å². The minimum absolute atomic E-state index is 0.0265. The molecule has 0 spiro atoms. The first-order valence-electron chi connectivity index (χ1n) is 9.97. The van der Waals surface area contributed by atoms with E-state index >= 15 is 0 Å². The largest absolute Gasteiger partial charge is 0.463 e. The van der Waals surface area contributed by atoms with Gasteiger partial charge in [0.15, 0.2) is 10.9 Å². The van der Waals surface area contributed by atoms with Gasteiger partial charge in [-0.05, 0) is 37.8 Å². The smallest absolute Gasteiger partial charge is 0.330 e. The van der Waals surface area contributed by atoms with E-state index in [9.17, 15) is 18.8 Å². The van der Waals surface area contributed by atoms with Gasteiger partial charge in [-0.3, -0.25) is 14.5 Å². The molecule has 1 aromatic carbocycles. The summed E-state index contributed by atoms with van der Waals surface area (Å²) < 4.78 is 19.6. The summed E-state index contributed by atoms with van der Waals surface area (Å²) in [5.41, 5.74) is 1.11. The zero-order valence-electron chi connectivity index (χ0n) is 16.7. The molecule has 29 heavy (non-hydrogen) atoms. The van der Waals surface area contributed by atoms with Gasteiger partial charge in [-0.2, -0.15) is 0 Å². The molecule has 7 heteroatoms. The van der Waals surface area contributed by atoms with Crippen LogP contribution in [0.5, 0.6) is 0 Å². The monoisotopic (exact) mass is 419 g/mol. The normalized spacial score (nSPS) is 22.3. The molecular formula is C22H26FNO4S. The second-order valence-electron chi connectivity index (χ2n) is 7.43. The van der Waals surface area contributed by atoms with E-state index in [0.29, 0.717) is 25.1 Å². The van der Waals surface area contributed by atoms with Gasteiger partial charge in [-0.25, -0.2) is 9.18 Å². The minimum Gasteiger partial charge on any atom is -0.463 e. The van der Waals surface area contributed by atoms with E-state index in [2.05, 4.69) is 0 Å². The maximum Gasteiger partial charge on any atom is 0.330 e. The van der Waals surface area contributed by atoms with Crippen molar-refractivity contribution in [2.45, 2.75) is 44.4 Å². The summed E-state index contributed by atoms with van der Waals surface area (Å²) in [6, 6.07) is 5.69. The summed E-state index contributed by atoms with van der Waals surface area (Å²) in [6.07, 6.45) is 3.70. The standard InChI is InChI=1S/C22H26FNO4S/c1-3-28-20(26)12-16-13-24(11-10-19(16)29-14(2)25)21(22(27)15-8-9-15)17-6-4-5-7-18(17)23/h4-7,12,15,19,21H,3,8-11,13H2,1-2H3/b16-12-. The number of thioether (sulfide) groups is 1. The number of hydrogen-bond donors (Lipinski definition) is 0. The van der Waals surface area contributed by atoms with Crippen LogP contribution in [0.25, 0.3) is 0 Å². The molecule has 1 saturated carbocycles. The Kier molecular flexibility index (Phi) is 7.24. The van der Waals surface area contributed by atoms with Crippen molar-refractivity contribution in [2.75, 3.05) is 19.7 Å². The maximum absolute atomic E-state index is 14.6. The Hall–Kier alpha value is -1.99. The molecule has 1 aliphatic heterocycles. The minimum atomic E-state index is -0.683. The Morgan fingerprint density at radius 2 is 2.00 bits per heavy atom. The highest BCUT2D eigenvalue weighted by Gasteiger charge is 2.41. The average molecular weight is 420 g/mol. The van der Waals surface area contributed by atoms with Gasteiger partial charge in [0.1, 0.15) is 5.82 Å². The molecule has 1 aromatic rings. The lowest BCUT2D eigenvalue weighted by molar-refractivity contribution is -0.137. The van der Waals surface area contributed by atoms with Crippen molar-refractivity contribution in [1.29, 1.82) is 0 Å². The van der Waals surface area contributed by atoms with Crippen LogP contribution in [0.1, 0.15) is 44.7 Å². The predicted molar refractivity (Wildman–Crippen MR) is 110 cm³/mol. The van der Waals surface area contributed by atoms with Crippen molar-refractivity contribution < 1.29 is 23.5 Å². The fourth-order valence-corrected chi connectivity index (χ4v) is 4.65. The molecule has 2 unspecified atom stereocenters. The zero-order chi connectivity index (χ0) is 21.0. The van der Waals surface area contributed by atoms with E-state index < -0.39 is 17.8 Å². The number of halogens is 1. The second kappa shape index (κ2) is 9.67. The summed E-state index contributed by atoms with van der Waals surface area (Å²) in [5.74, 6) is -0.859. The van der Waals surface area contributed by atoms with E-state index in [1.165, 1.54) is 30.8 Å². The number of hydrogen-bond acceptors (Lipinski definition) is 6. The highest BCUT2D eigenvalue weighted by Crippen LogP contribution is 2.40. The van der Waals surface area contributed by atoms with E-state index in [-0.39, 0.29) is 28.7 Å². The lowest BCUT2D eigenvalue weighted by atomic mass is 9.93. The molecule has 2 aliphatic rings. The highest BCUT2D eigenvalue weighted by molar-refractivity contribution is 8.14. The van der Waals surface area contributed by atoms with Gasteiger partial charge >= 0.3 is 5.97 Å². The van der Waals surface area contributed by atoms with Crippen LogP contribution in [0.3, 0.4) is 0 Å². The van der Waals surface area contributed by atoms with Crippen LogP contribution in [0.15, 0.2) is 35.9 Å². The number of nitrogens with zero attached hydrogens (tertiary/aromatic N) is 1. The van der Waals surface area contributed by atoms with Gasteiger partial charge < -0.3 is 4.74 Å². The summed E-state index contributed by atoms with van der Waals surface area (Å²) in [4.78, 5) is 38.7. The van der Waals surface area contributed by atoms with Crippen LogP contribution < -0.4 is 0 Å². The fourth-order valence-electron chi connectivity index (χ4n) is 3.73. The van der Waals surface area contributed by atoms with Crippen molar-refractivity contribution in [2.24, 2.45) is 5.92 Å². The molecular weight excluding hydrogens is 393 g/mol. The van der Waals surface area contributed by atoms with Crippen LogP contribution in [0.2, 0.25) is 0 Å². The predicted octanol–water partition coefficient (Wildman–Crippen LogP) is 3.69. The van der Waals surface area contributed by atoms with E-state index in [1.807, 2.05) is 4.90 Å². The molecule has 5 nitrogen and oxygen atoms in total.